The van der Waals surface area contributed by atoms with Gasteiger partial charge in [-0.05, 0) is 19.3 Å². The predicted octanol–water partition coefficient (Wildman–Crippen LogP) is 1.48. The summed E-state index contributed by atoms with van der Waals surface area (Å²) in [6, 6.07) is -0.00412. The second-order valence-electron chi connectivity index (χ2n) is 4.98. The summed E-state index contributed by atoms with van der Waals surface area (Å²) in [5.74, 6) is 1.09. The van der Waals surface area contributed by atoms with E-state index in [1.807, 2.05) is 11.8 Å². The quantitative estimate of drug-likeness (QED) is 0.884. The molecule has 112 valence electrons. The van der Waals surface area contributed by atoms with Crippen LogP contribution in [-0.2, 0) is 11.3 Å². The number of amides is 2. The van der Waals surface area contributed by atoms with Gasteiger partial charge in [-0.15, -0.1) is 0 Å². The van der Waals surface area contributed by atoms with Gasteiger partial charge in [0.25, 0.3) is 0 Å². The first kappa shape index (κ1) is 14.8. The maximum Gasteiger partial charge on any atom is 0.317 e. The van der Waals surface area contributed by atoms with E-state index in [0.717, 1.165) is 25.8 Å². The summed E-state index contributed by atoms with van der Waals surface area (Å²) >= 11 is 0. The molecule has 1 aromatic rings. The number of carbonyl (C=O) groups is 1. The lowest BCUT2D eigenvalue weighted by atomic mass is 10.1. The van der Waals surface area contributed by atoms with Crippen LogP contribution in [0.4, 0.5) is 4.79 Å². The van der Waals surface area contributed by atoms with E-state index >= 15 is 0 Å². The molecule has 7 nitrogen and oxygen atoms in total. The summed E-state index contributed by atoms with van der Waals surface area (Å²) in [5.41, 5.74) is 0. The van der Waals surface area contributed by atoms with Gasteiger partial charge in [0.05, 0.1) is 6.10 Å². The van der Waals surface area contributed by atoms with Crippen LogP contribution in [0.5, 0.6) is 0 Å². The maximum absolute atomic E-state index is 11.9. The number of hydrogen-bond donors (Lipinski definition) is 1. The van der Waals surface area contributed by atoms with Crippen molar-refractivity contribution >= 4 is 6.03 Å². The highest BCUT2D eigenvalue weighted by atomic mass is 16.5. The number of piperidine rings is 1. The van der Waals surface area contributed by atoms with Gasteiger partial charge in [-0.3, -0.25) is 0 Å². The SMILES string of the molecule is CCCNC(=O)N1CCCC(OCc2noc(C)n2)C1. The van der Waals surface area contributed by atoms with Gasteiger partial charge in [-0.1, -0.05) is 12.1 Å². The average molecular weight is 282 g/mol. The second kappa shape index (κ2) is 7.23. The van der Waals surface area contributed by atoms with Crippen LogP contribution in [0.15, 0.2) is 4.52 Å². The van der Waals surface area contributed by atoms with Crippen LogP contribution in [0.2, 0.25) is 0 Å². The Balaban J connectivity index is 1.76. The monoisotopic (exact) mass is 282 g/mol. The molecule has 2 rings (SSSR count). The number of rotatable bonds is 5. The lowest BCUT2D eigenvalue weighted by Crippen LogP contribution is -2.47. The Hall–Kier alpha value is -1.63. The van der Waals surface area contributed by atoms with Crippen molar-refractivity contribution in [2.24, 2.45) is 0 Å². The number of ether oxygens (including phenoxy) is 1. The molecular formula is C13H22N4O3. The van der Waals surface area contributed by atoms with Crippen molar-refractivity contribution < 1.29 is 14.1 Å². The Kier molecular flexibility index (Phi) is 5.34. The van der Waals surface area contributed by atoms with E-state index in [0.29, 0.717) is 31.4 Å². The highest BCUT2D eigenvalue weighted by molar-refractivity contribution is 5.74. The Morgan fingerprint density at radius 3 is 3.15 bits per heavy atom. The molecule has 1 aliphatic heterocycles. The number of nitrogens with zero attached hydrogens (tertiary/aromatic N) is 3. The van der Waals surface area contributed by atoms with Crippen LogP contribution < -0.4 is 5.32 Å². The van der Waals surface area contributed by atoms with Crippen LogP contribution in [0.1, 0.15) is 37.9 Å². The topological polar surface area (TPSA) is 80.5 Å². The van der Waals surface area contributed by atoms with E-state index in [1.165, 1.54) is 0 Å². The van der Waals surface area contributed by atoms with E-state index in [2.05, 4.69) is 15.5 Å². The number of hydrogen-bond acceptors (Lipinski definition) is 5. The Morgan fingerprint density at radius 2 is 2.45 bits per heavy atom. The summed E-state index contributed by atoms with van der Waals surface area (Å²) in [6.45, 7) is 6.23. The first-order valence-corrected chi connectivity index (χ1v) is 7.12. The van der Waals surface area contributed by atoms with E-state index in [4.69, 9.17) is 9.26 Å². The third kappa shape index (κ3) is 4.19. The molecule has 0 aliphatic carbocycles. The van der Waals surface area contributed by atoms with Crippen molar-refractivity contribution in [3.8, 4) is 0 Å². The third-order valence-electron chi connectivity index (χ3n) is 3.21. The van der Waals surface area contributed by atoms with Crippen molar-refractivity contribution in [3.63, 3.8) is 0 Å². The highest BCUT2D eigenvalue weighted by Gasteiger charge is 2.24. The van der Waals surface area contributed by atoms with Crippen molar-refractivity contribution in [1.82, 2.24) is 20.4 Å². The highest BCUT2D eigenvalue weighted by Crippen LogP contribution is 2.14. The minimum absolute atomic E-state index is 0.00412. The number of likely N-dealkylation sites (tertiary alicyclic amines) is 1. The zero-order valence-electron chi connectivity index (χ0n) is 12.1. The van der Waals surface area contributed by atoms with E-state index in [9.17, 15) is 4.79 Å². The molecule has 2 amide bonds. The molecule has 0 spiro atoms. The summed E-state index contributed by atoms with van der Waals surface area (Å²) in [4.78, 5) is 17.8. The first-order chi connectivity index (χ1) is 9.69. The molecule has 7 heteroatoms. The van der Waals surface area contributed by atoms with Crippen molar-refractivity contribution in [2.75, 3.05) is 19.6 Å². The summed E-state index contributed by atoms with van der Waals surface area (Å²) in [7, 11) is 0. The normalized spacial score (nSPS) is 19.1. The molecule has 0 saturated carbocycles. The van der Waals surface area contributed by atoms with Gasteiger partial charge in [-0.2, -0.15) is 4.98 Å². The van der Waals surface area contributed by atoms with Crippen LogP contribution in [0, 0.1) is 6.92 Å². The zero-order chi connectivity index (χ0) is 14.4. The predicted molar refractivity (Wildman–Crippen MR) is 72.1 cm³/mol. The van der Waals surface area contributed by atoms with Gasteiger partial charge in [0.1, 0.15) is 6.61 Å². The summed E-state index contributed by atoms with van der Waals surface area (Å²) < 4.78 is 10.7. The number of carbonyl (C=O) groups excluding carboxylic acids is 1. The van der Waals surface area contributed by atoms with Crippen molar-refractivity contribution in [1.29, 1.82) is 0 Å². The van der Waals surface area contributed by atoms with E-state index in [1.54, 1.807) is 6.92 Å². The van der Waals surface area contributed by atoms with Gasteiger partial charge in [-0.25, -0.2) is 4.79 Å². The molecular weight excluding hydrogens is 260 g/mol. The van der Waals surface area contributed by atoms with Crippen LogP contribution in [0.25, 0.3) is 0 Å². The molecule has 1 N–H and O–H groups in total. The Morgan fingerprint density at radius 1 is 1.60 bits per heavy atom. The fourth-order valence-electron chi connectivity index (χ4n) is 2.19. The number of aromatic nitrogens is 2. The van der Waals surface area contributed by atoms with Gasteiger partial charge in [0.2, 0.25) is 5.89 Å². The molecule has 2 heterocycles. The molecule has 0 aromatic carbocycles. The average Bonchev–Trinajstić information content (AvgIpc) is 2.88. The molecule has 1 saturated heterocycles. The molecule has 0 radical (unpaired) electrons. The fraction of sp³-hybridized carbons (Fsp3) is 0.769. The second-order valence-corrected chi connectivity index (χ2v) is 4.98. The van der Waals surface area contributed by atoms with E-state index < -0.39 is 0 Å². The van der Waals surface area contributed by atoms with Crippen LogP contribution >= 0.6 is 0 Å². The van der Waals surface area contributed by atoms with Crippen LogP contribution in [0.3, 0.4) is 0 Å². The largest absolute Gasteiger partial charge is 0.368 e. The zero-order valence-corrected chi connectivity index (χ0v) is 12.1. The molecule has 1 unspecified atom stereocenters. The minimum atomic E-state index is -0.00412. The Labute approximate surface area is 118 Å². The molecule has 20 heavy (non-hydrogen) atoms. The maximum atomic E-state index is 11.9. The lowest BCUT2D eigenvalue weighted by Gasteiger charge is -2.32. The van der Waals surface area contributed by atoms with Crippen molar-refractivity contribution in [2.45, 2.75) is 45.8 Å². The van der Waals surface area contributed by atoms with Gasteiger partial charge >= 0.3 is 6.03 Å². The standard InChI is InChI=1S/C13H22N4O3/c1-3-6-14-13(18)17-7-4-5-11(8-17)19-9-12-15-10(2)20-16-12/h11H,3-9H2,1-2H3,(H,14,18). The third-order valence-corrected chi connectivity index (χ3v) is 3.21. The molecule has 0 bridgehead atoms. The van der Waals surface area contributed by atoms with Gasteiger partial charge in [0.15, 0.2) is 5.82 Å². The minimum Gasteiger partial charge on any atom is -0.368 e. The van der Waals surface area contributed by atoms with Crippen molar-refractivity contribution in [3.05, 3.63) is 11.7 Å². The number of nitrogens with one attached hydrogen (secondary N) is 1. The Bertz CT molecular complexity index is 435. The first-order valence-electron chi connectivity index (χ1n) is 7.12. The lowest BCUT2D eigenvalue weighted by molar-refractivity contribution is -0.00368. The summed E-state index contributed by atoms with van der Waals surface area (Å²) in [6.07, 6.45) is 2.88. The molecule has 1 atom stereocenters. The van der Waals surface area contributed by atoms with Gasteiger partial charge < -0.3 is 19.5 Å². The molecule has 1 aliphatic rings. The number of urea groups is 1. The summed E-state index contributed by atoms with van der Waals surface area (Å²) in [5, 5.41) is 6.68. The molecule has 1 aromatic heterocycles. The van der Waals surface area contributed by atoms with Gasteiger partial charge in [0, 0.05) is 26.6 Å². The fourth-order valence-corrected chi connectivity index (χ4v) is 2.19. The number of aryl methyl sites for hydroxylation is 1. The van der Waals surface area contributed by atoms with Crippen LogP contribution in [-0.4, -0.2) is 46.8 Å². The molecule has 1 fully saturated rings. The van der Waals surface area contributed by atoms with E-state index in [-0.39, 0.29) is 12.1 Å². The smallest absolute Gasteiger partial charge is 0.317 e.